The number of hydrogen-bond acceptors (Lipinski definition) is 4. The zero-order chi connectivity index (χ0) is 19.6. The fourth-order valence-corrected chi connectivity index (χ4v) is 3.41. The zero-order valence-corrected chi connectivity index (χ0v) is 19.5. The van der Waals surface area contributed by atoms with Crippen LogP contribution in [-0.2, 0) is 17.9 Å². The van der Waals surface area contributed by atoms with Gasteiger partial charge < -0.3 is 19.7 Å². The van der Waals surface area contributed by atoms with Gasteiger partial charge in [-0.2, -0.15) is 0 Å². The Morgan fingerprint density at radius 3 is 2.83 bits per heavy atom. The van der Waals surface area contributed by atoms with Gasteiger partial charge in [0.1, 0.15) is 0 Å². The van der Waals surface area contributed by atoms with Crippen LogP contribution in [0.5, 0.6) is 5.88 Å². The molecule has 1 saturated heterocycles. The Labute approximate surface area is 190 Å². The Bertz CT molecular complexity index is 757. The highest BCUT2D eigenvalue weighted by atomic mass is 127. The SMILES string of the molecule is CCOc1ncccc1CNC(=NC)N1CCC(COCc2ccccc2)C1.I. The minimum absolute atomic E-state index is 0. The van der Waals surface area contributed by atoms with Gasteiger partial charge in [0.15, 0.2) is 5.96 Å². The van der Waals surface area contributed by atoms with E-state index in [1.807, 2.05) is 44.3 Å². The van der Waals surface area contributed by atoms with Crippen LogP contribution in [0.1, 0.15) is 24.5 Å². The molecule has 3 rings (SSSR count). The third kappa shape index (κ3) is 7.15. The molecule has 1 aromatic carbocycles. The number of nitrogens with one attached hydrogen (secondary N) is 1. The van der Waals surface area contributed by atoms with Crippen molar-refractivity contribution in [2.24, 2.45) is 10.9 Å². The number of ether oxygens (including phenoxy) is 2. The minimum Gasteiger partial charge on any atom is -0.478 e. The third-order valence-electron chi connectivity index (χ3n) is 4.83. The van der Waals surface area contributed by atoms with E-state index in [4.69, 9.17) is 9.47 Å². The molecule has 1 aliphatic heterocycles. The summed E-state index contributed by atoms with van der Waals surface area (Å²) in [7, 11) is 1.83. The lowest BCUT2D eigenvalue weighted by molar-refractivity contribution is 0.0906. The highest BCUT2D eigenvalue weighted by Crippen LogP contribution is 2.18. The number of halogens is 1. The van der Waals surface area contributed by atoms with Crippen molar-refractivity contribution in [2.75, 3.05) is 33.4 Å². The second-order valence-corrected chi connectivity index (χ2v) is 6.90. The molecule has 29 heavy (non-hydrogen) atoms. The van der Waals surface area contributed by atoms with Crippen molar-refractivity contribution in [1.82, 2.24) is 15.2 Å². The zero-order valence-electron chi connectivity index (χ0n) is 17.2. The highest BCUT2D eigenvalue weighted by molar-refractivity contribution is 14.0. The quantitative estimate of drug-likeness (QED) is 0.334. The molecule has 2 heterocycles. The van der Waals surface area contributed by atoms with Gasteiger partial charge in [0, 0.05) is 44.4 Å². The van der Waals surface area contributed by atoms with Crippen LogP contribution in [0.15, 0.2) is 53.7 Å². The van der Waals surface area contributed by atoms with Crippen molar-refractivity contribution in [2.45, 2.75) is 26.5 Å². The molecule has 1 N–H and O–H groups in total. The van der Waals surface area contributed by atoms with Gasteiger partial charge in [-0.15, -0.1) is 24.0 Å². The van der Waals surface area contributed by atoms with E-state index >= 15 is 0 Å². The van der Waals surface area contributed by atoms with Crippen molar-refractivity contribution in [3.63, 3.8) is 0 Å². The number of benzene rings is 1. The van der Waals surface area contributed by atoms with Crippen molar-refractivity contribution in [3.8, 4) is 5.88 Å². The predicted molar refractivity (Wildman–Crippen MR) is 127 cm³/mol. The molecule has 0 spiro atoms. The number of likely N-dealkylation sites (tertiary alicyclic amines) is 1. The third-order valence-corrected chi connectivity index (χ3v) is 4.83. The largest absolute Gasteiger partial charge is 0.478 e. The van der Waals surface area contributed by atoms with E-state index in [2.05, 4.69) is 32.3 Å². The molecule has 158 valence electrons. The summed E-state index contributed by atoms with van der Waals surface area (Å²) < 4.78 is 11.5. The molecule has 0 saturated carbocycles. The Balaban J connectivity index is 0.00000300. The molecule has 1 fully saturated rings. The topological polar surface area (TPSA) is 59.0 Å². The Morgan fingerprint density at radius 2 is 2.07 bits per heavy atom. The predicted octanol–water partition coefficient (Wildman–Crippen LogP) is 3.71. The fourth-order valence-electron chi connectivity index (χ4n) is 3.41. The molecule has 1 atom stereocenters. The smallest absolute Gasteiger partial charge is 0.218 e. The fraction of sp³-hybridized carbons (Fsp3) is 0.455. The average molecular weight is 510 g/mol. The summed E-state index contributed by atoms with van der Waals surface area (Å²) in [5, 5.41) is 3.44. The van der Waals surface area contributed by atoms with Crippen LogP contribution in [0, 0.1) is 5.92 Å². The maximum absolute atomic E-state index is 5.93. The Morgan fingerprint density at radius 1 is 1.24 bits per heavy atom. The number of guanidine groups is 1. The minimum atomic E-state index is 0. The molecule has 0 bridgehead atoms. The van der Waals surface area contributed by atoms with Gasteiger partial charge in [-0.05, 0) is 25.0 Å². The molecule has 1 aliphatic rings. The number of pyridine rings is 1. The molecule has 1 aromatic heterocycles. The standard InChI is InChI=1S/C22H30N4O2.HI/c1-3-28-21-20(10-7-12-24-21)14-25-22(23-2)26-13-11-19(15-26)17-27-16-18-8-5-4-6-9-18;/h4-10,12,19H,3,11,13-17H2,1-2H3,(H,23,25);1H. The lowest BCUT2D eigenvalue weighted by Gasteiger charge is -2.22. The average Bonchev–Trinajstić information content (AvgIpc) is 3.19. The summed E-state index contributed by atoms with van der Waals surface area (Å²) >= 11 is 0. The van der Waals surface area contributed by atoms with E-state index in [9.17, 15) is 0 Å². The number of aromatic nitrogens is 1. The van der Waals surface area contributed by atoms with Crippen LogP contribution in [0.2, 0.25) is 0 Å². The normalized spacial score (nSPS) is 16.4. The van der Waals surface area contributed by atoms with E-state index < -0.39 is 0 Å². The van der Waals surface area contributed by atoms with Crippen molar-refractivity contribution >= 4 is 29.9 Å². The van der Waals surface area contributed by atoms with E-state index in [-0.39, 0.29) is 24.0 Å². The van der Waals surface area contributed by atoms with E-state index in [0.717, 1.165) is 37.6 Å². The van der Waals surface area contributed by atoms with Crippen LogP contribution in [0.3, 0.4) is 0 Å². The first-order chi connectivity index (χ1) is 13.8. The van der Waals surface area contributed by atoms with Crippen molar-refractivity contribution in [1.29, 1.82) is 0 Å². The van der Waals surface area contributed by atoms with E-state index in [1.165, 1.54) is 5.56 Å². The van der Waals surface area contributed by atoms with Crippen LogP contribution >= 0.6 is 24.0 Å². The maximum Gasteiger partial charge on any atom is 0.218 e. The summed E-state index contributed by atoms with van der Waals surface area (Å²) in [6.07, 6.45) is 2.87. The second kappa shape index (κ2) is 12.6. The van der Waals surface area contributed by atoms with Crippen LogP contribution in [-0.4, -0.2) is 49.2 Å². The number of nitrogens with zero attached hydrogens (tertiary/aromatic N) is 3. The van der Waals surface area contributed by atoms with Gasteiger partial charge >= 0.3 is 0 Å². The van der Waals surface area contributed by atoms with Gasteiger partial charge in [-0.1, -0.05) is 36.4 Å². The molecule has 0 amide bonds. The Kier molecular flexibility index (Phi) is 10.2. The van der Waals surface area contributed by atoms with Crippen molar-refractivity contribution < 1.29 is 9.47 Å². The van der Waals surface area contributed by atoms with Crippen molar-refractivity contribution in [3.05, 3.63) is 59.8 Å². The Hall–Kier alpha value is -1.87. The van der Waals surface area contributed by atoms with Gasteiger partial charge in [-0.3, -0.25) is 4.99 Å². The van der Waals surface area contributed by atoms with Gasteiger partial charge in [0.2, 0.25) is 5.88 Å². The molecule has 0 radical (unpaired) electrons. The molecule has 1 unspecified atom stereocenters. The first kappa shape index (κ1) is 23.4. The molecule has 7 heteroatoms. The number of rotatable bonds is 8. The highest BCUT2D eigenvalue weighted by Gasteiger charge is 2.25. The van der Waals surface area contributed by atoms with Gasteiger partial charge in [0.05, 0.1) is 19.8 Å². The van der Waals surface area contributed by atoms with Crippen LogP contribution in [0.25, 0.3) is 0 Å². The summed E-state index contributed by atoms with van der Waals surface area (Å²) in [6.45, 7) is 6.61. The number of aliphatic imine (C=N–C) groups is 1. The molecule has 0 aliphatic carbocycles. The molecular formula is C22H31IN4O2. The van der Waals surface area contributed by atoms with E-state index in [1.54, 1.807) is 6.20 Å². The van der Waals surface area contributed by atoms with E-state index in [0.29, 0.717) is 31.6 Å². The van der Waals surface area contributed by atoms with Gasteiger partial charge in [0.25, 0.3) is 0 Å². The summed E-state index contributed by atoms with van der Waals surface area (Å²) in [6, 6.07) is 14.3. The molecule has 6 nitrogen and oxygen atoms in total. The first-order valence-corrected chi connectivity index (χ1v) is 9.94. The van der Waals surface area contributed by atoms with Gasteiger partial charge in [-0.25, -0.2) is 4.98 Å². The molecule has 2 aromatic rings. The summed E-state index contributed by atoms with van der Waals surface area (Å²) in [4.78, 5) is 11.1. The summed E-state index contributed by atoms with van der Waals surface area (Å²) in [5.41, 5.74) is 2.25. The maximum atomic E-state index is 5.93. The lowest BCUT2D eigenvalue weighted by atomic mass is 10.1. The van der Waals surface area contributed by atoms with Crippen LogP contribution in [0.4, 0.5) is 0 Å². The molecular weight excluding hydrogens is 479 g/mol. The second-order valence-electron chi connectivity index (χ2n) is 6.90. The van der Waals surface area contributed by atoms with Crippen LogP contribution < -0.4 is 10.1 Å². The first-order valence-electron chi connectivity index (χ1n) is 9.94. The summed E-state index contributed by atoms with van der Waals surface area (Å²) in [5.74, 6) is 2.12. The monoisotopic (exact) mass is 510 g/mol. The lowest BCUT2D eigenvalue weighted by Crippen LogP contribution is -2.40. The number of hydrogen-bond donors (Lipinski definition) is 1.